The van der Waals surface area contributed by atoms with Crippen LogP contribution in [0.2, 0.25) is 0 Å². The highest BCUT2D eigenvalue weighted by Gasteiger charge is 2.27. The third kappa shape index (κ3) is 4.44. The van der Waals surface area contributed by atoms with Crippen LogP contribution in [0.4, 0.5) is 0 Å². The lowest BCUT2D eigenvalue weighted by Crippen LogP contribution is -2.40. The topological polar surface area (TPSA) is 46.2 Å². The summed E-state index contributed by atoms with van der Waals surface area (Å²) in [6.07, 6.45) is 0.358. The third-order valence-corrected chi connectivity index (χ3v) is 3.07. The van der Waals surface area contributed by atoms with E-state index in [2.05, 4.69) is 5.32 Å². The molecule has 0 saturated carbocycles. The van der Waals surface area contributed by atoms with Gasteiger partial charge in [0.2, 0.25) is 0 Å². The van der Waals surface area contributed by atoms with E-state index in [1.165, 1.54) is 0 Å². The van der Waals surface area contributed by atoms with Crippen LogP contribution in [0.15, 0.2) is 0 Å². The molecule has 0 aromatic rings. The highest BCUT2D eigenvalue weighted by atomic mass is 16.1. The number of likely N-dealkylation sites (N-methyl/N-ethyl adjacent to an activating group) is 1. The van der Waals surface area contributed by atoms with Crippen LogP contribution in [0, 0.1) is 17.8 Å². The van der Waals surface area contributed by atoms with Gasteiger partial charge in [0.25, 0.3) is 0 Å². The predicted octanol–water partition coefficient (Wildman–Crippen LogP) is 2.05. The highest BCUT2D eigenvalue weighted by molar-refractivity contribution is 5.89. The zero-order valence-corrected chi connectivity index (χ0v) is 11.3. The molecule has 2 unspecified atom stereocenters. The summed E-state index contributed by atoms with van der Waals surface area (Å²) in [5.41, 5.74) is 0. The first-order valence-corrected chi connectivity index (χ1v) is 6.01. The Balaban J connectivity index is 4.56. The molecule has 0 aliphatic carbocycles. The Kier molecular flexibility index (Phi) is 6.49. The molecule has 0 aromatic heterocycles. The predicted molar refractivity (Wildman–Crippen MR) is 66.3 cm³/mol. The van der Waals surface area contributed by atoms with Crippen molar-refractivity contribution in [1.82, 2.24) is 5.32 Å². The van der Waals surface area contributed by atoms with Gasteiger partial charge in [-0.25, -0.2) is 0 Å². The first kappa shape index (κ1) is 15.3. The molecule has 3 heteroatoms. The van der Waals surface area contributed by atoms with Gasteiger partial charge in [0.15, 0.2) is 5.78 Å². The quantitative estimate of drug-likeness (QED) is 0.724. The molecule has 0 rings (SSSR count). The van der Waals surface area contributed by atoms with Crippen molar-refractivity contribution < 1.29 is 9.59 Å². The molecule has 0 fully saturated rings. The van der Waals surface area contributed by atoms with E-state index in [0.29, 0.717) is 6.42 Å². The average molecular weight is 227 g/mol. The third-order valence-electron chi connectivity index (χ3n) is 3.07. The van der Waals surface area contributed by atoms with Crippen LogP contribution in [0.25, 0.3) is 0 Å². The monoisotopic (exact) mass is 227 g/mol. The maximum atomic E-state index is 12.0. The Hall–Kier alpha value is -0.700. The lowest BCUT2D eigenvalue weighted by Gasteiger charge is -2.23. The SMILES string of the molecule is CNC(C(=O)CC(C(C)=O)C(C)C)C(C)C. The van der Waals surface area contributed by atoms with Crippen molar-refractivity contribution in [2.24, 2.45) is 17.8 Å². The van der Waals surface area contributed by atoms with Crippen LogP contribution in [-0.2, 0) is 9.59 Å². The summed E-state index contributed by atoms with van der Waals surface area (Å²) in [4.78, 5) is 23.4. The highest BCUT2D eigenvalue weighted by Crippen LogP contribution is 2.19. The molecule has 0 aliphatic rings. The largest absolute Gasteiger partial charge is 0.310 e. The summed E-state index contributed by atoms with van der Waals surface area (Å²) < 4.78 is 0. The second kappa shape index (κ2) is 6.79. The standard InChI is InChI=1S/C13H25NO2/c1-8(2)11(10(5)15)7-12(16)13(14-6)9(3)4/h8-9,11,13-14H,7H2,1-6H3. The van der Waals surface area contributed by atoms with Gasteiger partial charge in [0, 0.05) is 12.3 Å². The van der Waals surface area contributed by atoms with Crippen molar-refractivity contribution in [2.45, 2.75) is 47.1 Å². The van der Waals surface area contributed by atoms with E-state index in [1.54, 1.807) is 14.0 Å². The molecule has 0 saturated heterocycles. The maximum Gasteiger partial charge on any atom is 0.150 e. The first-order valence-electron chi connectivity index (χ1n) is 6.01. The molecule has 0 spiro atoms. The summed E-state index contributed by atoms with van der Waals surface area (Å²) in [5.74, 6) is 0.610. The van der Waals surface area contributed by atoms with Gasteiger partial charge in [0.05, 0.1) is 6.04 Å². The molecule has 1 N–H and O–H groups in total. The molecule has 16 heavy (non-hydrogen) atoms. The van der Waals surface area contributed by atoms with E-state index in [4.69, 9.17) is 0 Å². The second-order valence-electron chi connectivity index (χ2n) is 5.14. The van der Waals surface area contributed by atoms with E-state index in [0.717, 1.165) is 0 Å². The minimum Gasteiger partial charge on any atom is -0.310 e. The number of ketones is 2. The van der Waals surface area contributed by atoms with E-state index >= 15 is 0 Å². The second-order valence-corrected chi connectivity index (χ2v) is 5.14. The number of rotatable bonds is 7. The number of hydrogen-bond acceptors (Lipinski definition) is 3. The molecule has 0 bridgehead atoms. The molecule has 94 valence electrons. The zero-order chi connectivity index (χ0) is 12.9. The number of Topliss-reactive ketones (excluding diaryl/α,β-unsaturated/α-hetero) is 2. The minimum atomic E-state index is -0.138. The average Bonchev–Trinajstić information content (AvgIpc) is 2.13. The van der Waals surface area contributed by atoms with Crippen LogP contribution >= 0.6 is 0 Å². The molecule has 0 amide bonds. The van der Waals surface area contributed by atoms with Crippen LogP contribution in [0.3, 0.4) is 0 Å². The Labute approximate surface area is 99.0 Å². The molecule has 0 radical (unpaired) electrons. The number of carbonyl (C=O) groups excluding carboxylic acids is 2. The van der Waals surface area contributed by atoms with E-state index in [-0.39, 0.29) is 35.4 Å². The number of hydrogen-bond donors (Lipinski definition) is 1. The summed E-state index contributed by atoms with van der Waals surface area (Å²) >= 11 is 0. The summed E-state index contributed by atoms with van der Waals surface area (Å²) in [5, 5.41) is 3.02. The molecular formula is C13H25NO2. The van der Waals surface area contributed by atoms with Gasteiger partial charge in [-0.1, -0.05) is 27.7 Å². The van der Waals surface area contributed by atoms with Gasteiger partial charge in [0.1, 0.15) is 5.78 Å². The molecule has 0 heterocycles. The van der Waals surface area contributed by atoms with Gasteiger partial charge in [-0.15, -0.1) is 0 Å². The fourth-order valence-electron chi connectivity index (χ4n) is 2.06. The van der Waals surface area contributed by atoms with Crippen LogP contribution < -0.4 is 5.32 Å². The normalized spacial score (nSPS) is 15.2. The zero-order valence-electron chi connectivity index (χ0n) is 11.3. The number of carbonyl (C=O) groups is 2. The summed E-state index contributed by atoms with van der Waals surface area (Å²) in [7, 11) is 1.79. The molecular weight excluding hydrogens is 202 g/mol. The molecule has 0 aromatic carbocycles. The van der Waals surface area contributed by atoms with Crippen molar-refractivity contribution >= 4 is 11.6 Å². The maximum absolute atomic E-state index is 12.0. The summed E-state index contributed by atoms with van der Waals surface area (Å²) in [6.45, 7) is 9.57. The number of nitrogens with one attached hydrogen (secondary N) is 1. The van der Waals surface area contributed by atoms with Crippen molar-refractivity contribution in [2.75, 3.05) is 7.05 Å². The van der Waals surface area contributed by atoms with Crippen LogP contribution in [-0.4, -0.2) is 24.7 Å². The lowest BCUT2D eigenvalue weighted by atomic mass is 9.84. The van der Waals surface area contributed by atoms with Crippen LogP contribution in [0.1, 0.15) is 41.0 Å². The Bertz CT molecular complexity index is 246. The molecule has 3 nitrogen and oxygen atoms in total. The molecule has 0 aliphatic heterocycles. The van der Waals surface area contributed by atoms with Gasteiger partial charge in [-0.05, 0) is 25.8 Å². The van der Waals surface area contributed by atoms with Crippen LogP contribution in [0.5, 0.6) is 0 Å². The van der Waals surface area contributed by atoms with Crippen molar-refractivity contribution in [3.05, 3.63) is 0 Å². The Morgan fingerprint density at radius 1 is 1.06 bits per heavy atom. The fraction of sp³-hybridized carbons (Fsp3) is 0.846. The van der Waals surface area contributed by atoms with Crippen molar-refractivity contribution in [1.29, 1.82) is 0 Å². The Morgan fingerprint density at radius 2 is 1.56 bits per heavy atom. The van der Waals surface area contributed by atoms with Crippen molar-refractivity contribution in [3.63, 3.8) is 0 Å². The van der Waals surface area contributed by atoms with Gasteiger partial charge in [-0.2, -0.15) is 0 Å². The van der Waals surface area contributed by atoms with Gasteiger partial charge >= 0.3 is 0 Å². The first-order chi connectivity index (χ1) is 7.31. The van der Waals surface area contributed by atoms with Gasteiger partial charge < -0.3 is 5.32 Å². The molecule has 2 atom stereocenters. The van der Waals surface area contributed by atoms with E-state index in [1.807, 2.05) is 27.7 Å². The van der Waals surface area contributed by atoms with E-state index < -0.39 is 0 Å². The van der Waals surface area contributed by atoms with Crippen molar-refractivity contribution in [3.8, 4) is 0 Å². The fourth-order valence-corrected chi connectivity index (χ4v) is 2.06. The van der Waals surface area contributed by atoms with Gasteiger partial charge in [-0.3, -0.25) is 9.59 Å². The minimum absolute atomic E-state index is 0.113. The van der Waals surface area contributed by atoms with E-state index in [9.17, 15) is 9.59 Å². The Morgan fingerprint density at radius 3 is 1.81 bits per heavy atom. The smallest absolute Gasteiger partial charge is 0.150 e. The summed E-state index contributed by atoms with van der Waals surface area (Å²) in [6, 6.07) is -0.138. The lowest BCUT2D eigenvalue weighted by molar-refractivity contribution is -0.129.